The van der Waals surface area contributed by atoms with Crippen LogP contribution < -0.4 is 9.47 Å². The van der Waals surface area contributed by atoms with Gasteiger partial charge in [-0.1, -0.05) is 18.1 Å². The van der Waals surface area contributed by atoms with E-state index in [1.165, 1.54) is 20.1 Å². The third-order valence-electron chi connectivity index (χ3n) is 2.38. The lowest BCUT2D eigenvalue weighted by molar-refractivity contribution is -0.123. The van der Waals surface area contributed by atoms with Crippen LogP contribution in [0.15, 0.2) is 24.3 Å². The molecule has 0 spiro atoms. The van der Waals surface area contributed by atoms with E-state index in [0.717, 1.165) is 5.56 Å². The fourth-order valence-electron chi connectivity index (χ4n) is 1.52. The van der Waals surface area contributed by atoms with Crippen molar-refractivity contribution in [2.45, 2.75) is 13.3 Å². The van der Waals surface area contributed by atoms with Gasteiger partial charge in [-0.3, -0.25) is 9.59 Å². The summed E-state index contributed by atoms with van der Waals surface area (Å²) in [4.78, 5) is 22.2. The minimum atomic E-state index is -0.232. The highest BCUT2D eigenvalue weighted by molar-refractivity contribution is 6.05. The minimum Gasteiger partial charge on any atom is -0.493 e. The van der Waals surface area contributed by atoms with Crippen LogP contribution in [0.2, 0.25) is 0 Å². The number of hydrogen-bond acceptors (Lipinski definition) is 4. The van der Waals surface area contributed by atoms with Gasteiger partial charge in [-0.05, 0) is 30.7 Å². The van der Waals surface area contributed by atoms with Gasteiger partial charge in [-0.2, -0.15) is 0 Å². The summed E-state index contributed by atoms with van der Waals surface area (Å²) in [5.41, 5.74) is 0.770. The van der Waals surface area contributed by atoms with Crippen LogP contribution in [0.4, 0.5) is 0 Å². The predicted molar refractivity (Wildman–Crippen MR) is 76.7 cm³/mol. The highest BCUT2D eigenvalue weighted by Gasteiger charge is 2.05. The molecule has 0 heterocycles. The Bertz CT molecular complexity index is 564. The van der Waals surface area contributed by atoms with Gasteiger partial charge in [0.15, 0.2) is 17.3 Å². The highest BCUT2D eigenvalue weighted by Crippen LogP contribution is 2.28. The first-order chi connectivity index (χ1) is 9.56. The van der Waals surface area contributed by atoms with E-state index in [0.29, 0.717) is 11.5 Å². The number of methoxy groups -OCH3 is 1. The third-order valence-corrected chi connectivity index (χ3v) is 2.38. The molecule has 0 aliphatic rings. The molecule has 1 rings (SSSR count). The number of allylic oxidation sites excluding steroid dienone is 1. The number of ketones is 2. The Labute approximate surface area is 118 Å². The molecule has 0 atom stereocenters. The van der Waals surface area contributed by atoms with Crippen molar-refractivity contribution in [1.82, 2.24) is 0 Å². The molecular formula is C16H16O4. The second-order valence-electron chi connectivity index (χ2n) is 4.08. The molecule has 0 aromatic heterocycles. The Morgan fingerprint density at radius 2 is 2.10 bits per heavy atom. The van der Waals surface area contributed by atoms with Crippen LogP contribution >= 0.6 is 0 Å². The number of carbonyl (C=O) groups excluding carboxylic acids is 2. The topological polar surface area (TPSA) is 52.6 Å². The molecule has 0 aliphatic heterocycles. The van der Waals surface area contributed by atoms with Gasteiger partial charge in [0.25, 0.3) is 0 Å². The molecule has 4 heteroatoms. The second kappa shape index (κ2) is 7.80. The van der Waals surface area contributed by atoms with Crippen molar-refractivity contribution >= 4 is 17.6 Å². The maximum atomic E-state index is 11.4. The molecule has 0 saturated heterocycles. The third kappa shape index (κ3) is 4.99. The zero-order chi connectivity index (χ0) is 15.0. The monoisotopic (exact) mass is 272 g/mol. The summed E-state index contributed by atoms with van der Waals surface area (Å²) in [6, 6.07) is 5.21. The number of terminal acetylenes is 1. The zero-order valence-corrected chi connectivity index (χ0v) is 11.5. The molecule has 0 unspecified atom stereocenters. The maximum absolute atomic E-state index is 11.4. The molecule has 1 aromatic rings. The van der Waals surface area contributed by atoms with Crippen LogP contribution in [0, 0.1) is 12.3 Å². The van der Waals surface area contributed by atoms with Crippen molar-refractivity contribution in [3.05, 3.63) is 29.8 Å². The molecule has 1 aromatic carbocycles. The predicted octanol–water partition coefficient (Wildman–Crippen LogP) is 2.27. The smallest absolute Gasteiger partial charge is 0.163 e. The van der Waals surface area contributed by atoms with E-state index in [-0.39, 0.29) is 24.6 Å². The van der Waals surface area contributed by atoms with Crippen molar-refractivity contribution < 1.29 is 19.1 Å². The van der Waals surface area contributed by atoms with Gasteiger partial charge < -0.3 is 9.47 Å². The molecule has 0 aliphatic carbocycles. The fraction of sp³-hybridized carbons (Fsp3) is 0.250. The van der Waals surface area contributed by atoms with E-state index >= 15 is 0 Å². The second-order valence-corrected chi connectivity index (χ2v) is 4.08. The quantitative estimate of drug-likeness (QED) is 0.434. The molecular weight excluding hydrogens is 256 g/mol. The van der Waals surface area contributed by atoms with Crippen molar-refractivity contribution in [2.75, 3.05) is 13.7 Å². The van der Waals surface area contributed by atoms with Gasteiger partial charge in [0, 0.05) is 0 Å². The van der Waals surface area contributed by atoms with Crippen LogP contribution in [0.25, 0.3) is 6.08 Å². The summed E-state index contributed by atoms with van der Waals surface area (Å²) >= 11 is 0. The van der Waals surface area contributed by atoms with Crippen LogP contribution in [-0.2, 0) is 9.59 Å². The van der Waals surface area contributed by atoms with E-state index in [1.54, 1.807) is 24.3 Å². The average Bonchev–Trinajstić information content (AvgIpc) is 2.42. The summed E-state index contributed by atoms with van der Waals surface area (Å²) in [6.45, 7) is 1.54. The van der Waals surface area contributed by atoms with E-state index in [9.17, 15) is 9.59 Å². The Morgan fingerprint density at radius 1 is 1.35 bits per heavy atom. The average molecular weight is 272 g/mol. The summed E-state index contributed by atoms with van der Waals surface area (Å²) < 4.78 is 10.5. The van der Waals surface area contributed by atoms with E-state index in [4.69, 9.17) is 15.9 Å². The Hall–Kier alpha value is -2.54. The van der Waals surface area contributed by atoms with Crippen molar-refractivity contribution in [3.8, 4) is 23.8 Å². The van der Waals surface area contributed by atoms with Gasteiger partial charge in [0.05, 0.1) is 13.5 Å². The summed E-state index contributed by atoms with van der Waals surface area (Å²) in [7, 11) is 1.52. The maximum Gasteiger partial charge on any atom is 0.163 e. The number of ether oxygens (including phenoxy) is 2. The van der Waals surface area contributed by atoms with Crippen molar-refractivity contribution in [3.63, 3.8) is 0 Å². The minimum absolute atomic E-state index is 0.0863. The summed E-state index contributed by atoms with van der Waals surface area (Å²) in [6.07, 6.45) is 8.04. The first-order valence-electron chi connectivity index (χ1n) is 6.01. The molecule has 0 fully saturated rings. The lowest BCUT2D eigenvalue weighted by atomic mass is 10.1. The number of rotatable bonds is 7. The fourth-order valence-corrected chi connectivity index (χ4v) is 1.52. The van der Waals surface area contributed by atoms with Crippen LogP contribution in [0.3, 0.4) is 0 Å². The van der Waals surface area contributed by atoms with E-state index < -0.39 is 0 Å². The number of hydrogen-bond donors (Lipinski definition) is 0. The molecule has 0 radical (unpaired) electrons. The summed E-state index contributed by atoms with van der Waals surface area (Å²) in [5.74, 6) is 3.05. The molecule has 20 heavy (non-hydrogen) atoms. The SMILES string of the molecule is C#CCOc1ccc(/C=C/C(=O)CC(C)=O)cc1OC. The lowest BCUT2D eigenvalue weighted by Gasteiger charge is -2.09. The molecule has 4 nitrogen and oxygen atoms in total. The van der Waals surface area contributed by atoms with Crippen LogP contribution in [-0.4, -0.2) is 25.3 Å². The number of benzene rings is 1. The molecule has 0 bridgehead atoms. The van der Waals surface area contributed by atoms with Gasteiger partial charge >= 0.3 is 0 Å². The van der Waals surface area contributed by atoms with Gasteiger partial charge in [-0.25, -0.2) is 0 Å². The molecule has 0 N–H and O–H groups in total. The molecule has 104 valence electrons. The molecule has 0 amide bonds. The van der Waals surface area contributed by atoms with E-state index in [1.807, 2.05) is 0 Å². The van der Waals surface area contributed by atoms with Gasteiger partial charge in [0.1, 0.15) is 12.4 Å². The summed E-state index contributed by atoms with van der Waals surface area (Å²) in [5, 5.41) is 0. The number of carbonyl (C=O) groups is 2. The first-order valence-corrected chi connectivity index (χ1v) is 6.01. The Kier molecular flexibility index (Phi) is 6.05. The van der Waals surface area contributed by atoms with Gasteiger partial charge in [-0.15, -0.1) is 6.42 Å². The van der Waals surface area contributed by atoms with Crippen LogP contribution in [0.1, 0.15) is 18.9 Å². The Morgan fingerprint density at radius 3 is 2.70 bits per heavy atom. The normalized spacial score (nSPS) is 10.1. The van der Waals surface area contributed by atoms with E-state index in [2.05, 4.69) is 5.92 Å². The van der Waals surface area contributed by atoms with Gasteiger partial charge in [0.2, 0.25) is 0 Å². The standard InChI is InChI=1S/C16H16O4/c1-4-9-20-15-8-6-13(11-16(15)19-3)5-7-14(18)10-12(2)17/h1,5-8,11H,9-10H2,2-3H3/b7-5+. The molecule has 0 saturated carbocycles. The van der Waals surface area contributed by atoms with Crippen molar-refractivity contribution in [1.29, 1.82) is 0 Å². The number of Topliss-reactive ketones (excluding diaryl/α,β-unsaturated/α-hetero) is 1. The first kappa shape index (κ1) is 15.5. The van der Waals surface area contributed by atoms with Crippen molar-refractivity contribution in [2.24, 2.45) is 0 Å². The lowest BCUT2D eigenvalue weighted by Crippen LogP contribution is -2.00. The van der Waals surface area contributed by atoms with Crippen LogP contribution in [0.5, 0.6) is 11.5 Å². The zero-order valence-electron chi connectivity index (χ0n) is 11.5. The highest BCUT2D eigenvalue weighted by atomic mass is 16.5. The largest absolute Gasteiger partial charge is 0.493 e. The Balaban J connectivity index is 2.82.